The second-order valence-corrected chi connectivity index (χ2v) is 5.18. The minimum Gasteiger partial charge on any atom is -0.396 e. The van der Waals surface area contributed by atoms with Crippen LogP contribution in [-0.2, 0) is 0 Å². The van der Waals surface area contributed by atoms with Gasteiger partial charge in [-0.25, -0.2) is 0 Å². The minimum absolute atomic E-state index is 0.205. The zero-order valence-electron chi connectivity index (χ0n) is 9.21. The van der Waals surface area contributed by atoms with Gasteiger partial charge >= 0.3 is 6.18 Å². The maximum Gasteiger partial charge on any atom is 0.401 e. The highest BCUT2D eigenvalue weighted by atomic mass is 19.4. The molecule has 1 unspecified atom stereocenters. The first kappa shape index (κ1) is 12.2. The molecule has 0 amide bonds. The minimum atomic E-state index is -4.07. The van der Waals surface area contributed by atoms with Crippen molar-refractivity contribution in [2.75, 3.05) is 26.2 Å². The Hall–Kier alpha value is -0.290. The molecule has 0 aromatic carbocycles. The van der Waals surface area contributed by atoms with Gasteiger partial charge in [-0.2, -0.15) is 13.2 Å². The van der Waals surface area contributed by atoms with Crippen molar-refractivity contribution in [3.8, 4) is 0 Å². The Morgan fingerprint density at radius 3 is 2.12 bits per heavy atom. The van der Waals surface area contributed by atoms with Gasteiger partial charge in [0.2, 0.25) is 0 Å². The topological polar surface area (TPSA) is 23.5 Å². The number of hydrogen-bond acceptors (Lipinski definition) is 2. The molecule has 0 spiro atoms. The van der Waals surface area contributed by atoms with E-state index in [4.69, 9.17) is 5.11 Å². The molecule has 3 atom stereocenters. The summed E-state index contributed by atoms with van der Waals surface area (Å²) in [5.41, 5.74) is 0. The normalized spacial score (nSPS) is 35.6. The molecular weight excluding hydrogens is 219 g/mol. The lowest BCUT2D eigenvalue weighted by Gasteiger charge is -2.19. The number of nitrogens with zero attached hydrogens (tertiary/aromatic N) is 1. The average Bonchev–Trinajstić information content (AvgIpc) is 2.58. The fraction of sp³-hybridized carbons (Fsp3) is 1.00. The van der Waals surface area contributed by atoms with Gasteiger partial charge in [0, 0.05) is 19.7 Å². The summed E-state index contributed by atoms with van der Waals surface area (Å²) in [5.74, 6) is 1.39. The lowest BCUT2D eigenvalue weighted by atomic mass is 10.0. The first-order valence-corrected chi connectivity index (χ1v) is 5.88. The largest absolute Gasteiger partial charge is 0.401 e. The molecule has 2 rings (SSSR count). The van der Waals surface area contributed by atoms with Crippen molar-refractivity contribution in [1.82, 2.24) is 4.90 Å². The van der Waals surface area contributed by atoms with Crippen LogP contribution in [0, 0.1) is 17.8 Å². The van der Waals surface area contributed by atoms with Gasteiger partial charge in [0.25, 0.3) is 0 Å². The standard InChI is InChI=1S/C11H18F3NO/c12-11(13,14)7-15-5-9-3-8(1-2-16)4-10(9)6-15/h8-10,16H,1-7H2/t8?,9-,10+. The summed E-state index contributed by atoms with van der Waals surface area (Å²) in [6, 6.07) is 0. The lowest BCUT2D eigenvalue weighted by molar-refractivity contribution is -0.144. The average molecular weight is 237 g/mol. The van der Waals surface area contributed by atoms with E-state index in [9.17, 15) is 13.2 Å². The van der Waals surface area contributed by atoms with Crippen molar-refractivity contribution in [2.24, 2.45) is 17.8 Å². The maximum absolute atomic E-state index is 12.2. The van der Waals surface area contributed by atoms with Gasteiger partial charge < -0.3 is 5.11 Å². The molecule has 0 aromatic rings. The van der Waals surface area contributed by atoms with Gasteiger partial charge in [0.15, 0.2) is 0 Å². The third-order valence-electron chi connectivity index (χ3n) is 3.86. The number of alkyl halides is 3. The predicted octanol–water partition coefficient (Wildman–Crippen LogP) is 1.89. The summed E-state index contributed by atoms with van der Waals surface area (Å²) < 4.78 is 36.6. The van der Waals surface area contributed by atoms with Crippen molar-refractivity contribution >= 4 is 0 Å². The Morgan fingerprint density at radius 2 is 1.69 bits per heavy atom. The third kappa shape index (κ3) is 2.88. The molecule has 0 bridgehead atoms. The van der Waals surface area contributed by atoms with Gasteiger partial charge in [-0.05, 0) is 37.0 Å². The predicted molar refractivity (Wildman–Crippen MR) is 53.9 cm³/mol. The fourth-order valence-corrected chi connectivity index (χ4v) is 3.32. The quantitative estimate of drug-likeness (QED) is 0.810. The lowest BCUT2D eigenvalue weighted by Crippen LogP contribution is -2.33. The zero-order chi connectivity index (χ0) is 11.8. The molecule has 1 aliphatic heterocycles. The summed E-state index contributed by atoms with van der Waals surface area (Å²) in [6.45, 7) is 0.624. The van der Waals surface area contributed by atoms with Crippen molar-refractivity contribution in [3.05, 3.63) is 0 Å². The second kappa shape index (κ2) is 4.53. The highest BCUT2D eigenvalue weighted by Gasteiger charge is 2.43. The molecule has 0 aromatic heterocycles. The van der Waals surface area contributed by atoms with E-state index in [1.807, 2.05) is 0 Å². The molecule has 2 nitrogen and oxygen atoms in total. The number of aliphatic hydroxyl groups is 1. The zero-order valence-corrected chi connectivity index (χ0v) is 9.21. The van der Waals surface area contributed by atoms with E-state index < -0.39 is 12.7 Å². The highest BCUT2D eigenvalue weighted by Crippen LogP contribution is 2.43. The molecule has 1 saturated heterocycles. The summed E-state index contributed by atoms with van der Waals surface area (Å²) in [7, 11) is 0. The van der Waals surface area contributed by atoms with E-state index in [0.717, 1.165) is 19.3 Å². The number of halogens is 3. The molecular formula is C11H18F3NO. The van der Waals surface area contributed by atoms with Crippen LogP contribution in [0.3, 0.4) is 0 Å². The molecule has 1 heterocycles. The van der Waals surface area contributed by atoms with E-state index >= 15 is 0 Å². The van der Waals surface area contributed by atoms with E-state index in [1.54, 1.807) is 0 Å². The van der Waals surface area contributed by atoms with Crippen LogP contribution in [0.25, 0.3) is 0 Å². The Balaban J connectivity index is 1.80. The summed E-state index contributed by atoms with van der Waals surface area (Å²) in [6.07, 6.45) is -1.26. The molecule has 16 heavy (non-hydrogen) atoms. The van der Waals surface area contributed by atoms with Crippen LogP contribution in [0.1, 0.15) is 19.3 Å². The molecule has 2 fully saturated rings. The first-order valence-electron chi connectivity index (χ1n) is 5.88. The molecule has 94 valence electrons. The molecule has 1 N–H and O–H groups in total. The van der Waals surface area contributed by atoms with Gasteiger partial charge in [-0.1, -0.05) is 0 Å². The van der Waals surface area contributed by atoms with Crippen LogP contribution >= 0.6 is 0 Å². The number of fused-ring (bicyclic) bond motifs is 1. The van der Waals surface area contributed by atoms with Gasteiger partial charge in [-0.15, -0.1) is 0 Å². The Kier molecular flexibility index (Phi) is 3.45. The summed E-state index contributed by atoms with van der Waals surface area (Å²) in [5, 5.41) is 8.84. The van der Waals surface area contributed by atoms with Crippen LogP contribution in [0.4, 0.5) is 13.2 Å². The summed E-state index contributed by atoms with van der Waals surface area (Å²) >= 11 is 0. The van der Waals surface area contributed by atoms with Crippen molar-refractivity contribution in [1.29, 1.82) is 0 Å². The maximum atomic E-state index is 12.2. The second-order valence-electron chi connectivity index (χ2n) is 5.18. The van der Waals surface area contributed by atoms with Crippen molar-refractivity contribution < 1.29 is 18.3 Å². The smallest absolute Gasteiger partial charge is 0.396 e. The third-order valence-corrected chi connectivity index (χ3v) is 3.86. The molecule has 1 saturated carbocycles. The fourth-order valence-electron chi connectivity index (χ4n) is 3.32. The van der Waals surface area contributed by atoms with Gasteiger partial charge in [-0.3, -0.25) is 4.90 Å². The van der Waals surface area contributed by atoms with Crippen LogP contribution in [0.2, 0.25) is 0 Å². The van der Waals surface area contributed by atoms with Crippen LogP contribution in [0.15, 0.2) is 0 Å². The van der Waals surface area contributed by atoms with Crippen molar-refractivity contribution in [3.63, 3.8) is 0 Å². The SMILES string of the molecule is OCCC1C[C@@H]2CN(CC(F)(F)F)C[C@@H]2C1. The number of hydrogen-bond donors (Lipinski definition) is 1. The molecule has 1 aliphatic carbocycles. The Labute approximate surface area is 93.4 Å². The van der Waals surface area contributed by atoms with Crippen LogP contribution in [-0.4, -0.2) is 42.4 Å². The summed E-state index contributed by atoms with van der Waals surface area (Å²) in [4.78, 5) is 1.53. The Morgan fingerprint density at radius 1 is 1.12 bits per heavy atom. The first-order chi connectivity index (χ1) is 7.48. The van der Waals surface area contributed by atoms with E-state index in [2.05, 4.69) is 0 Å². The molecule has 0 radical (unpaired) electrons. The van der Waals surface area contributed by atoms with Crippen LogP contribution < -0.4 is 0 Å². The van der Waals surface area contributed by atoms with E-state index in [1.165, 1.54) is 4.90 Å². The number of rotatable bonds is 3. The Bertz CT molecular complexity index is 230. The van der Waals surface area contributed by atoms with Crippen LogP contribution in [0.5, 0.6) is 0 Å². The molecule has 2 aliphatic rings. The van der Waals surface area contributed by atoms with Gasteiger partial charge in [0.05, 0.1) is 6.54 Å². The van der Waals surface area contributed by atoms with Gasteiger partial charge in [0.1, 0.15) is 0 Å². The highest BCUT2D eigenvalue weighted by molar-refractivity contribution is 4.92. The van der Waals surface area contributed by atoms with Crippen molar-refractivity contribution in [2.45, 2.75) is 25.4 Å². The number of aliphatic hydroxyl groups excluding tert-OH is 1. The van der Waals surface area contributed by atoms with E-state index in [0.29, 0.717) is 30.8 Å². The molecule has 5 heteroatoms. The number of likely N-dealkylation sites (tertiary alicyclic amines) is 1. The monoisotopic (exact) mass is 237 g/mol. The van der Waals surface area contributed by atoms with E-state index in [-0.39, 0.29) is 6.61 Å².